The van der Waals surface area contributed by atoms with E-state index in [0.29, 0.717) is 43.3 Å². The van der Waals surface area contributed by atoms with Crippen LogP contribution in [0.25, 0.3) is 0 Å². The fraction of sp³-hybridized carbons (Fsp3) is 0.706. The number of carbonyl (C=O) groups excluding carboxylic acids is 1. The van der Waals surface area contributed by atoms with Gasteiger partial charge in [-0.1, -0.05) is 68.8 Å². The molecular formula is C34H49NO8. The third kappa shape index (κ3) is 6.57. The quantitative estimate of drug-likeness (QED) is 0.248. The fourth-order valence-corrected chi connectivity index (χ4v) is 7.23. The maximum atomic E-state index is 14.0. The summed E-state index contributed by atoms with van der Waals surface area (Å²) in [5, 5.41) is 27.4. The van der Waals surface area contributed by atoms with Crippen molar-refractivity contribution in [2.75, 3.05) is 13.7 Å². The Balaban J connectivity index is 1.54. The first-order valence-electron chi connectivity index (χ1n) is 15.6. The summed E-state index contributed by atoms with van der Waals surface area (Å²) >= 11 is 0. The summed E-state index contributed by atoms with van der Waals surface area (Å²) < 4.78 is 25.7. The second-order valence-electron chi connectivity index (χ2n) is 14.3. The molecule has 9 atom stereocenters. The molecule has 5 rings (SSSR count). The molecule has 9 heteroatoms. The number of allylic oxidation sites excluding steroid dienone is 4. The van der Waals surface area contributed by atoms with Crippen molar-refractivity contribution in [3.63, 3.8) is 0 Å². The molecule has 0 saturated carbocycles. The van der Waals surface area contributed by atoms with E-state index in [2.05, 4.69) is 51.9 Å². The van der Waals surface area contributed by atoms with Crippen LogP contribution in [-0.4, -0.2) is 77.5 Å². The summed E-state index contributed by atoms with van der Waals surface area (Å²) in [6.07, 6.45) is 10.1. The van der Waals surface area contributed by atoms with Crippen LogP contribution in [0, 0.1) is 17.3 Å². The topological polar surface area (TPSA) is 116 Å². The van der Waals surface area contributed by atoms with Gasteiger partial charge in [0.1, 0.15) is 36.9 Å². The number of oxime groups is 1. The van der Waals surface area contributed by atoms with Gasteiger partial charge in [0.05, 0.1) is 24.5 Å². The number of ether oxygens (including phenoxy) is 4. The minimum absolute atomic E-state index is 0.118. The van der Waals surface area contributed by atoms with E-state index in [1.165, 1.54) is 5.57 Å². The van der Waals surface area contributed by atoms with Gasteiger partial charge in [-0.3, -0.25) is 4.79 Å². The van der Waals surface area contributed by atoms with Crippen LogP contribution >= 0.6 is 0 Å². The number of aliphatic hydroxyl groups excluding tert-OH is 1. The number of hydrogen-bond acceptors (Lipinski definition) is 9. The molecule has 9 nitrogen and oxygen atoms in total. The molecule has 1 spiro atoms. The predicted molar refractivity (Wildman–Crippen MR) is 162 cm³/mol. The molecule has 0 radical (unpaired) electrons. The molecular weight excluding hydrogens is 550 g/mol. The van der Waals surface area contributed by atoms with Gasteiger partial charge >= 0.3 is 5.97 Å². The lowest BCUT2D eigenvalue weighted by molar-refractivity contribution is -0.323. The molecule has 4 heterocycles. The van der Waals surface area contributed by atoms with Gasteiger partial charge in [0, 0.05) is 25.7 Å². The van der Waals surface area contributed by atoms with Crippen molar-refractivity contribution in [1.29, 1.82) is 0 Å². The van der Waals surface area contributed by atoms with E-state index in [-0.39, 0.29) is 30.1 Å². The maximum Gasteiger partial charge on any atom is 0.316 e. The summed E-state index contributed by atoms with van der Waals surface area (Å²) in [5.74, 6) is -2.38. The van der Waals surface area contributed by atoms with Gasteiger partial charge in [-0.25, -0.2) is 0 Å². The average Bonchev–Trinajstić information content (AvgIpc) is 3.25. The minimum Gasteiger partial charge on any atom is -0.462 e. The van der Waals surface area contributed by atoms with Crippen molar-refractivity contribution in [3.8, 4) is 0 Å². The number of hydrogen-bond donors (Lipinski definition) is 2. The van der Waals surface area contributed by atoms with Crippen LogP contribution in [0.1, 0.15) is 80.1 Å². The SMILES string of the molecule is CO/N=C1\C[C@@H](C(C)(C)C)O[C@]2(C1)C[C@@H]1C[C@@H](C/C=C(\C)C[C@@H](C)/C=C/C=C3\CO[C@@H]4[C@H](O)C(C)=C[C@@H](C(=O)O1)[C@]34O)O2. The molecule has 238 valence electrons. The largest absolute Gasteiger partial charge is 0.462 e. The van der Waals surface area contributed by atoms with Gasteiger partial charge in [-0.05, 0) is 49.2 Å². The average molecular weight is 600 g/mol. The summed E-state index contributed by atoms with van der Waals surface area (Å²) in [6.45, 7) is 12.5. The van der Waals surface area contributed by atoms with Crippen LogP contribution in [-0.2, 0) is 28.6 Å². The van der Waals surface area contributed by atoms with Crippen molar-refractivity contribution < 1.29 is 38.8 Å². The molecule has 0 aromatic heterocycles. The van der Waals surface area contributed by atoms with Crippen LogP contribution in [0.15, 0.2) is 52.3 Å². The van der Waals surface area contributed by atoms with E-state index in [1.54, 1.807) is 20.1 Å². The second-order valence-corrected chi connectivity index (χ2v) is 14.3. The van der Waals surface area contributed by atoms with E-state index in [0.717, 1.165) is 12.1 Å². The lowest BCUT2D eigenvalue weighted by atomic mass is 9.71. The first-order valence-corrected chi connectivity index (χ1v) is 15.6. The summed E-state index contributed by atoms with van der Waals surface area (Å²) in [6, 6.07) is 0. The molecule has 3 fully saturated rings. The molecule has 3 saturated heterocycles. The van der Waals surface area contributed by atoms with Gasteiger partial charge < -0.3 is 34.0 Å². The standard InChI is InChI=1S/C34H49NO8/c1-20-9-8-10-23-19-40-30-29(36)22(3)14-27(34(23,30)38)31(37)41-26-16-25(12-11-21(2)13-20)42-33(18-26)17-24(35-39-7)15-28(43-33)32(4,5)6/h8-11,14,20,25-30,36,38H,12-13,15-19H2,1-7H3/b9-8+,21-11+,23-10+,35-24+/t20-,25+,26-,27-,28-,29+,30+,33+,34+/m0/s1. The number of aliphatic hydroxyl groups is 2. The number of fused-ring (bicyclic) bond motifs is 2. The Morgan fingerprint density at radius 2 is 1.91 bits per heavy atom. The lowest BCUT2D eigenvalue weighted by Crippen LogP contribution is -2.59. The highest BCUT2D eigenvalue weighted by Gasteiger charge is 2.60. The van der Waals surface area contributed by atoms with Gasteiger partial charge in [-0.15, -0.1) is 0 Å². The first-order chi connectivity index (χ1) is 20.2. The zero-order valence-electron chi connectivity index (χ0n) is 26.7. The van der Waals surface area contributed by atoms with Crippen molar-refractivity contribution >= 4 is 11.7 Å². The smallest absolute Gasteiger partial charge is 0.316 e. The molecule has 1 aliphatic carbocycles. The Bertz CT molecular complexity index is 1230. The highest BCUT2D eigenvalue weighted by Crippen LogP contribution is 2.47. The Kier molecular flexibility index (Phi) is 9.14. The van der Waals surface area contributed by atoms with Crippen LogP contribution in [0.4, 0.5) is 0 Å². The summed E-state index contributed by atoms with van der Waals surface area (Å²) in [5.41, 5.74) is 1.30. The molecule has 4 aliphatic heterocycles. The van der Waals surface area contributed by atoms with Crippen molar-refractivity contribution in [3.05, 3.63) is 47.1 Å². The van der Waals surface area contributed by atoms with Crippen molar-refractivity contribution in [1.82, 2.24) is 0 Å². The Hall–Kier alpha value is -2.30. The normalized spacial score (nSPS) is 44.9. The molecule has 0 amide bonds. The molecule has 0 aromatic rings. The molecule has 0 aromatic carbocycles. The summed E-state index contributed by atoms with van der Waals surface area (Å²) in [7, 11) is 1.54. The Labute approximate surface area is 255 Å². The van der Waals surface area contributed by atoms with Gasteiger partial charge in [0.2, 0.25) is 0 Å². The minimum atomic E-state index is -1.73. The zero-order chi connectivity index (χ0) is 31.2. The van der Waals surface area contributed by atoms with Crippen LogP contribution in [0.5, 0.6) is 0 Å². The predicted octanol–water partition coefficient (Wildman–Crippen LogP) is 4.93. The highest BCUT2D eigenvalue weighted by molar-refractivity contribution is 5.86. The Morgan fingerprint density at radius 1 is 1.14 bits per heavy atom. The first kappa shape index (κ1) is 32.1. The fourth-order valence-electron chi connectivity index (χ4n) is 7.23. The van der Waals surface area contributed by atoms with Gasteiger partial charge in [-0.2, -0.15) is 0 Å². The summed E-state index contributed by atoms with van der Waals surface area (Å²) in [4.78, 5) is 19.2. The zero-order valence-corrected chi connectivity index (χ0v) is 26.7. The van der Waals surface area contributed by atoms with Crippen LogP contribution in [0.2, 0.25) is 0 Å². The van der Waals surface area contributed by atoms with Crippen molar-refractivity contribution in [2.45, 2.75) is 122 Å². The van der Waals surface area contributed by atoms with Crippen LogP contribution in [0.3, 0.4) is 0 Å². The number of rotatable bonds is 1. The lowest BCUT2D eigenvalue weighted by Gasteiger charge is -2.50. The van der Waals surface area contributed by atoms with E-state index in [1.807, 2.05) is 12.2 Å². The van der Waals surface area contributed by atoms with Crippen LogP contribution < -0.4 is 0 Å². The van der Waals surface area contributed by atoms with Gasteiger partial charge in [0.15, 0.2) is 5.79 Å². The number of carbonyl (C=O) groups is 1. The van der Waals surface area contributed by atoms with E-state index >= 15 is 0 Å². The molecule has 2 N–H and O–H groups in total. The third-order valence-corrected chi connectivity index (χ3v) is 9.55. The maximum absolute atomic E-state index is 14.0. The second kappa shape index (κ2) is 12.2. The third-order valence-electron chi connectivity index (χ3n) is 9.55. The highest BCUT2D eigenvalue weighted by atomic mass is 16.7. The van der Waals surface area contributed by atoms with E-state index in [9.17, 15) is 15.0 Å². The molecule has 0 unspecified atom stereocenters. The van der Waals surface area contributed by atoms with Gasteiger partial charge in [0.25, 0.3) is 0 Å². The number of esters is 1. The van der Waals surface area contributed by atoms with E-state index in [4.69, 9.17) is 23.8 Å². The molecule has 5 aliphatic rings. The van der Waals surface area contributed by atoms with Crippen molar-refractivity contribution in [2.24, 2.45) is 22.4 Å². The molecule has 43 heavy (non-hydrogen) atoms. The Morgan fingerprint density at radius 3 is 2.63 bits per heavy atom. The number of nitrogens with zero attached hydrogens (tertiary/aromatic N) is 1. The monoisotopic (exact) mass is 599 g/mol. The van der Waals surface area contributed by atoms with E-state index < -0.39 is 41.6 Å². The molecule has 2 bridgehead atoms.